The van der Waals surface area contributed by atoms with Crippen LogP contribution in [0.4, 0.5) is 0 Å². The quantitative estimate of drug-likeness (QED) is 0.733. The van der Waals surface area contributed by atoms with Gasteiger partial charge in [0.15, 0.2) is 5.78 Å². The summed E-state index contributed by atoms with van der Waals surface area (Å²) in [7, 11) is 0. The number of hydrogen-bond acceptors (Lipinski definition) is 2. The summed E-state index contributed by atoms with van der Waals surface area (Å²) in [6.45, 7) is 6.05. The lowest BCUT2D eigenvalue weighted by Gasteiger charge is -2.09. The van der Waals surface area contributed by atoms with Gasteiger partial charge >= 0.3 is 0 Å². The third kappa shape index (κ3) is 2.64. The Balaban J connectivity index is 2.23. The van der Waals surface area contributed by atoms with Gasteiger partial charge in [0.05, 0.1) is 4.88 Å². The number of Topliss-reactive ketones (excluding diaryl/α,β-unsaturated/α-hetero) is 1. The molecule has 0 fully saturated rings. The lowest BCUT2D eigenvalue weighted by molar-refractivity contribution is 0.0970. The predicted octanol–water partition coefficient (Wildman–Crippen LogP) is 4.35. The standard InChI is InChI=1S/C15H16OS/c1-10-4-7-13(8-5-10)12(3)15(16)14-9-6-11(2)17-14/h4-9,12H,1-3H3. The van der Waals surface area contributed by atoms with Gasteiger partial charge in [-0.25, -0.2) is 0 Å². The Morgan fingerprint density at radius 1 is 1.06 bits per heavy atom. The maximum atomic E-state index is 12.3. The first kappa shape index (κ1) is 12.1. The second-order valence-electron chi connectivity index (χ2n) is 4.41. The molecule has 0 saturated heterocycles. The van der Waals surface area contributed by atoms with Gasteiger partial charge in [0, 0.05) is 10.8 Å². The molecule has 1 atom stereocenters. The Morgan fingerprint density at radius 2 is 1.71 bits per heavy atom. The molecular weight excluding hydrogens is 228 g/mol. The Kier molecular flexibility index (Phi) is 3.43. The fraction of sp³-hybridized carbons (Fsp3) is 0.267. The second kappa shape index (κ2) is 4.84. The van der Waals surface area contributed by atoms with E-state index in [-0.39, 0.29) is 11.7 Å². The van der Waals surface area contributed by atoms with Crippen LogP contribution in [0.1, 0.15) is 38.5 Å². The van der Waals surface area contributed by atoms with Crippen molar-refractivity contribution in [1.82, 2.24) is 0 Å². The van der Waals surface area contributed by atoms with Crippen LogP contribution >= 0.6 is 11.3 Å². The van der Waals surface area contributed by atoms with Crippen LogP contribution in [0.3, 0.4) is 0 Å². The summed E-state index contributed by atoms with van der Waals surface area (Å²) in [4.78, 5) is 14.3. The molecule has 17 heavy (non-hydrogen) atoms. The number of carbonyl (C=O) groups excluding carboxylic acids is 1. The average molecular weight is 244 g/mol. The van der Waals surface area contributed by atoms with Crippen LogP contribution in [0.5, 0.6) is 0 Å². The number of rotatable bonds is 3. The van der Waals surface area contributed by atoms with Gasteiger partial charge < -0.3 is 0 Å². The van der Waals surface area contributed by atoms with Crippen LogP contribution in [-0.2, 0) is 0 Å². The number of benzene rings is 1. The Morgan fingerprint density at radius 3 is 2.24 bits per heavy atom. The average Bonchev–Trinajstić information content (AvgIpc) is 2.75. The van der Waals surface area contributed by atoms with Crippen molar-refractivity contribution < 1.29 is 4.79 Å². The van der Waals surface area contributed by atoms with Crippen molar-refractivity contribution in [3.8, 4) is 0 Å². The third-order valence-electron chi connectivity index (χ3n) is 2.95. The van der Waals surface area contributed by atoms with E-state index in [2.05, 4.69) is 19.1 Å². The maximum Gasteiger partial charge on any atom is 0.179 e. The summed E-state index contributed by atoms with van der Waals surface area (Å²) in [5, 5.41) is 0. The molecule has 0 amide bonds. The molecule has 0 radical (unpaired) electrons. The zero-order valence-electron chi connectivity index (χ0n) is 10.4. The normalized spacial score (nSPS) is 12.4. The molecule has 0 bridgehead atoms. The molecule has 0 aliphatic heterocycles. The minimum atomic E-state index is -0.0614. The highest BCUT2D eigenvalue weighted by Crippen LogP contribution is 2.25. The molecule has 1 aromatic carbocycles. The van der Waals surface area contributed by atoms with E-state index in [1.807, 2.05) is 38.1 Å². The minimum absolute atomic E-state index is 0.0614. The third-order valence-corrected chi connectivity index (χ3v) is 3.97. The fourth-order valence-electron chi connectivity index (χ4n) is 1.79. The van der Waals surface area contributed by atoms with Crippen molar-refractivity contribution >= 4 is 17.1 Å². The Labute approximate surface area is 106 Å². The smallest absolute Gasteiger partial charge is 0.179 e. The van der Waals surface area contributed by atoms with E-state index in [0.717, 1.165) is 10.4 Å². The number of ketones is 1. The lowest BCUT2D eigenvalue weighted by Crippen LogP contribution is -2.07. The first-order chi connectivity index (χ1) is 8.08. The van der Waals surface area contributed by atoms with Crippen molar-refractivity contribution in [2.45, 2.75) is 26.7 Å². The molecule has 2 rings (SSSR count). The molecule has 0 spiro atoms. The minimum Gasteiger partial charge on any atom is -0.293 e. The van der Waals surface area contributed by atoms with Crippen molar-refractivity contribution in [2.24, 2.45) is 0 Å². The van der Waals surface area contributed by atoms with Gasteiger partial charge in [0.1, 0.15) is 0 Å². The highest BCUT2D eigenvalue weighted by atomic mass is 32.1. The molecule has 88 valence electrons. The van der Waals surface area contributed by atoms with Crippen LogP contribution in [0.15, 0.2) is 36.4 Å². The summed E-state index contributed by atoms with van der Waals surface area (Å²) in [5.41, 5.74) is 2.31. The van der Waals surface area contributed by atoms with E-state index in [1.165, 1.54) is 10.4 Å². The van der Waals surface area contributed by atoms with Crippen molar-refractivity contribution in [2.75, 3.05) is 0 Å². The van der Waals surface area contributed by atoms with Crippen molar-refractivity contribution in [3.05, 3.63) is 57.3 Å². The first-order valence-corrected chi connectivity index (χ1v) is 6.57. The van der Waals surface area contributed by atoms with Gasteiger partial charge in [-0.15, -0.1) is 11.3 Å². The second-order valence-corrected chi connectivity index (χ2v) is 5.69. The summed E-state index contributed by atoms with van der Waals surface area (Å²) in [6.07, 6.45) is 0. The lowest BCUT2D eigenvalue weighted by atomic mass is 9.95. The van der Waals surface area contributed by atoms with Gasteiger partial charge in [-0.2, -0.15) is 0 Å². The molecule has 0 aliphatic rings. The molecule has 1 heterocycles. The molecular formula is C15H16OS. The molecule has 2 heteroatoms. The number of thiophene rings is 1. The number of carbonyl (C=O) groups is 1. The fourth-order valence-corrected chi connectivity index (χ4v) is 2.68. The topological polar surface area (TPSA) is 17.1 Å². The molecule has 1 nitrogen and oxygen atoms in total. The maximum absolute atomic E-state index is 12.3. The number of aryl methyl sites for hydroxylation is 2. The zero-order valence-corrected chi connectivity index (χ0v) is 11.2. The molecule has 2 aromatic rings. The van der Waals surface area contributed by atoms with E-state index in [4.69, 9.17) is 0 Å². The van der Waals surface area contributed by atoms with Crippen LogP contribution in [0, 0.1) is 13.8 Å². The van der Waals surface area contributed by atoms with E-state index >= 15 is 0 Å². The largest absolute Gasteiger partial charge is 0.293 e. The Hall–Kier alpha value is -1.41. The summed E-state index contributed by atoms with van der Waals surface area (Å²) in [5.74, 6) is 0.153. The zero-order chi connectivity index (χ0) is 12.4. The van der Waals surface area contributed by atoms with Gasteiger partial charge in [-0.3, -0.25) is 4.79 Å². The summed E-state index contributed by atoms with van der Waals surface area (Å²) in [6, 6.07) is 12.1. The van der Waals surface area contributed by atoms with Crippen LogP contribution in [-0.4, -0.2) is 5.78 Å². The Bertz CT molecular complexity index is 522. The van der Waals surface area contributed by atoms with Crippen LogP contribution < -0.4 is 0 Å². The SMILES string of the molecule is Cc1ccc(C(C)C(=O)c2ccc(C)s2)cc1. The van der Waals surface area contributed by atoms with Crippen molar-refractivity contribution in [1.29, 1.82) is 0 Å². The molecule has 0 aliphatic carbocycles. The predicted molar refractivity (Wildman–Crippen MR) is 73.0 cm³/mol. The van der Waals surface area contributed by atoms with Crippen LogP contribution in [0.2, 0.25) is 0 Å². The van der Waals surface area contributed by atoms with Crippen molar-refractivity contribution in [3.63, 3.8) is 0 Å². The van der Waals surface area contributed by atoms with E-state index < -0.39 is 0 Å². The van der Waals surface area contributed by atoms with Gasteiger partial charge in [-0.05, 0) is 31.5 Å². The van der Waals surface area contributed by atoms with E-state index in [0.29, 0.717) is 0 Å². The molecule has 1 unspecified atom stereocenters. The molecule has 0 saturated carbocycles. The number of hydrogen-bond donors (Lipinski definition) is 0. The van der Waals surface area contributed by atoms with Gasteiger partial charge in [0.2, 0.25) is 0 Å². The highest BCUT2D eigenvalue weighted by molar-refractivity contribution is 7.14. The van der Waals surface area contributed by atoms with Gasteiger partial charge in [-0.1, -0.05) is 36.8 Å². The first-order valence-electron chi connectivity index (χ1n) is 5.75. The molecule has 1 aromatic heterocycles. The summed E-state index contributed by atoms with van der Waals surface area (Å²) < 4.78 is 0. The van der Waals surface area contributed by atoms with E-state index in [1.54, 1.807) is 11.3 Å². The van der Waals surface area contributed by atoms with Crippen LogP contribution in [0.25, 0.3) is 0 Å². The molecule has 0 N–H and O–H groups in total. The highest BCUT2D eigenvalue weighted by Gasteiger charge is 2.18. The van der Waals surface area contributed by atoms with E-state index in [9.17, 15) is 4.79 Å². The summed E-state index contributed by atoms with van der Waals surface area (Å²) >= 11 is 1.57. The monoisotopic (exact) mass is 244 g/mol. The van der Waals surface area contributed by atoms with Gasteiger partial charge in [0.25, 0.3) is 0 Å².